The van der Waals surface area contributed by atoms with Crippen molar-refractivity contribution in [2.75, 3.05) is 12.4 Å². The maximum atomic E-state index is 5.07. The summed E-state index contributed by atoms with van der Waals surface area (Å²) in [7, 11) is 3.45. The predicted octanol–water partition coefficient (Wildman–Crippen LogP) is 1.46. The number of hydrogen-bond acceptors (Lipinski definition) is 8. The van der Waals surface area contributed by atoms with E-state index in [1.807, 2.05) is 7.05 Å². The zero-order chi connectivity index (χ0) is 16.2. The van der Waals surface area contributed by atoms with Crippen LogP contribution in [0, 0.1) is 0 Å². The van der Waals surface area contributed by atoms with Gasteiger partial charge in [-0.2, -0.15) is 10.1 Å². The molecule has 0 aliphatic heterocycles. The quantitative estimate of drug-likeness (QED) is 0.698. The molecule has 0 aliphatic carbocycles. The molecule has 0 saturated carbocycles. The Morgan fingerprint density at radius 1 is 1.26 bits per heavy atom. The molecule has 23 heavy (non-hydrogen) atoms. The SMILES string of the molecule is CCCc1nc(NCc2noc(COC)n2)c2cnn(C)c2n1. The summed E-state index contributed by atoms with van der Waals surface area (Å²) in [5, 5.41) is 12.3. The molecule has 3 aromatic heterocycles. The molecule has 3 rings (SSSR count). The highest BCUT2D eigenvalue weighted by atomic mass is 16.5. The number of ether oxygens (including phenoxy) is 1. The summed E-state index contributed by atoms with van der Waals surface area (Å²) in [6.45, 7) is 2.80. The van der Waals surface area contributed by atoms with Gasteiger partial charge >= 0.3 is 0 Å². The number of aromatic nitrogens is 6. The van der Waals surface area contributed by atoms with Gasteiger partial charge in [-0.05, 0) is 6.42 Å². The van der Waals surface area contributed by atoms with Gasteiger partial charge < -0.3 is 14.6 Å². The zero-order valence-corrected chi connectivity index (χ0v) is 13.4. The molecular formula is C14H19N7O2. The Balaban J connectivity index is 1.83. The van der Waals surface area contributed by atoms with Crippen molar-refractivity contribution in [2.24, 2.45) is 7.05 Å². The van der Waals surface area contributed by atoms with Crippen molar-refractivity contribution >= 4 is 16.9 Å². The van der Waals surface area contributed by atoms with Crippen LogP contribution >= 0.6 is 0 Å². The Hall–Kier alpha value is -2.55. The molecule has 0 amide bonds. The third-order valence-electron chi connectivity index (χ3n) is 3.30. The van der Waals surface area contributed by atoms with Gasteiger partial charge in [0.1, 0.15) is 18.2 Å². The van der Waals surface area contributed by atoms with Crippen LogP contribution in [0.25, 0.3) is 11.0 Å². The average molecular weight is 317 g/mol. The van der Waals surface area contributed by atoms with E-state index in [4.69, 9.17) is 9.26 Å². The van der Waals surface area contributed by atoms with Crippen LogP contribution < -0.4 is 5.32 Å². The normalized spacial score (nSPS) is 11.3. The standard InChI is InChI=1S/C14H19N7O2/c1-4-5-10-18-13(9-6-16-21(2)14(9)19-10)15-7-11-17-12(8-22-3)23-20-11/h6H,4-5,7-8H2,1-3H3,(H,15,18,19). The highest BCUT2D eigenvalue weighted by Crippen LogP contribution is 2.20. The maximum Gasteiger partial charge on any atom is 0.252 e. The van der Waals surface area contributed by atoms with Gasteiger partial charge in [0.05, 0.1) is 18.1 Å². The molecule has 0 spiro atoms. The largest absolute Gasteiger partial charge is 0.375 e. The number of methoxy groups -OCH3 is 1. The first-order valence-corrected chi connectivity index (χ1v) is 7.44. The van der Waals surface area contributed by atoms with E-state index in [1.165, 1.54) is 0 Å². The lowest BCUT2D eigenvalue weighted by Gasteiger charge is -2.07. The molecule has 0 saturated heterocycles. The zero-order valence-electron chi connectivity index (χ0n) is 13.4. The molecule has 3 aromatic rings. The Morgan fingerprint density at radius 3 is 2.91 bits per heavy atom. The van der Waals surface area contributed by atoms with Gasteiger partial charge in [0.25, 0.3) is 5.89 Å². The minimum atomic E-state index is 0.300. The first-order chi connectivity index (χ1) is 11.2. The smallest absolute Gasteiger partial charge is 0.252 e. The first-order valence-electron chi connectivity index (χ1n) is 7.44. The minimum absolute atomic E-state index is 0.300. The fourth-order valence-electron chi connectivity index (χ4n) is 2.24. The molecular weight excluding hydrogens is 298 g/mol. The number of nitrogens with one attached hydrogen (secondary N) is 1. The molecule has 0 aliphatic rings. The second-order valence-electron chi connectivity index (χ2n) is 5.13. The van der Waals surface area contributed by atoms with Crippen molar-refractivity contribution in [2.45, 2.75) is 32.9 Å². The van der Waals surface area contributed by atoms with Gasteiger partial charge in [0.15, 0.2) is 11.5 Å². The van der Waals surface area contributed by atoms with Crippen LogP contribution in [0.15, 0.2) is 10.7 Å². The summed E-state index contributed by atoms with van der Waals surface area (Å²) in [6.07, 6.45) is 3.55. The third kappa shape index (κ3) is 3.29. The van der Waals surface area contributed by atoms with E-state index in [-0.39, 0.29) is 0 Å². The molecule has 9 nitrogen and oxygen atoms in total. The second kappa shape index (κ2) is 6.69. The van der Waals surface area contributed by atoms with E-state index < -0.39 is 0 Å². The van der Waals surface area contributed by atoms with Gasteiger partial charge in [0.2, 0.25) is 0 Å². The van der Waals surface area contributed by atoms with Gasteiger partial charge in [-0.25, -0.2) is 9.97 Å². The van der Waals surface area contributed by atoms with E-state index in [2.05, 4.69) is 37.4 Å². The molecule has 0 unspecified atom stereocenters. The summed E-state index contributed by atoms with van der Waals surface area (Å²) < 4.78 is 11.8. The van der Waals surface area contributed by atoms with E-state index in [0.29, 0.717) is 24.9 Å². The lowest BCUT2D eigenvalue weighted by atomic mass is 10.3. The molecule has 0 bridgehead atoms. The molecule has 0 fully saturated rings. The summed E-state index contributed by atoms with van der Waals surface area (Å²) in [6, 6.07) is 0. The highest BCUT2D eigenvalue weighted by Gasteiger charge is 2.12. The molecule has 1 N–H and O–H groups in total. The Morgan fingerprint density at radius 2 is 2.13 bits per heavy atom. The van der Waals surface area contributed by atoms with Crippen molar-refractivity contribution in [1.29, 1.82) is 0 Å². The number of nitrogens with zero attached hydrogens (tertiary/aromatic N) is 6. The minimum Gasteiger partial charge on any atom is -0.375 e. The van der Waals surface area contributed by atoms with E-state index in [9.17, 15) is 0 Å². The lowest BCUT2D eigenvalue weighted by molar-refractivity contribution is 0.151. The fourth-order valence-corrected chi connectivity index (χ4v) is 2.24. The van der Waals surface area contributed by atoms with E-state index in [0.717, 1.165) is 35.5 Å². The maximum absolute atomic E-state index is 5.07. The highest BCUT2D eigenvalue weighted by molar-refractivity contribution is 5.86. The molecule has 0 aromatic carbocycles. The third-order valence-corrected chi connectivity index (χ3v) is 3.30. The second-order valence-corrected chi connectivity index (χ2v) is 5.13. The van der Waals surface area contributed by atoms with Crippen LogP contribution in [0.3, 0.4) is 0 Å². The van der Waals surface area contributed by atoms with Crippen molar-refractivity contribution < 1.29 is 9.26 Å². The topological polar surface area (TPSA) is 104 Å². The Kier molecular flexibility index (Phi) is 4.47. The van der Waals surface area contributed by atoms with Crippen LogP contribution in [0.4, 0.5) is 5.82 Å². The number of aryl methyl sites for hydroxylation is 2. The molecule has 0 radical (unpaired) electrons. The lowest BCUT2D eigenvalue weighted by Crippen LogP contribution is -2.07. The first kappa shape index (κ1) is 15.3. The van der Waals surface area contributed by atoms with Crippen molar-refractivity contribution in [1.82, 2.24) is 29.9 Å². The number of rotatable bonds is 7. The van der Waals surface area contributed by atoms with Crippen LogP contribution in [0.5, 0.6) is 0 Å². The molecule has 3 heterocycles. The Labute approximate surface area is 133 Å². The number of hydrogen-bond donors (Lipinski definition) is 1. The van der Waals surface area contributed by atoms with Gasteiger partial charge in [-0.3, -0.25) is 4.68 Å². The van der Waals surface area contributed by atoms with Gasteiger partial charge in [0, 0.05) is 20.6 Å². The van der Waals surface area contributed by atoms with Crippen molar-refractivity contribution in [3.8, 4) is 0 Å². The number of fused-ring (bicyclic) bond motifs is 1. The monoisotopic (exact) mass is 317 g/mol. The fraction of sp³-hybridized carbons (Fsp3) is 0.500. The van der Waals surface area contributed by atoms with Crippen LogP contribution in [0.1, 0.15) is 30.9 Å². The van der Waals surface area contributed by atoms with Crippen molar-refractivity contribution in [3.63, 3.8) is 0 Å². The van der Waals surface area contributed by atoms with E-state index >= 15 is 0 Å². The van der Waals surface area contributed by atoms with Gasteiger partial charge in [-0.15, -0.1) is 0 Å². The van der Waals surface area contributed by atoms with Crippen LogP contribution in [-0.4, -0.2) is 37.0 Å². The molecule has 122 valence electrons. The molecule has 9 heteroatoms. The summed E-state index contributed by atoms with van der Waals surface area (Å²) >= 11 is 0. The average Bonchev–Trinajstić information content (AvgIpc) is 3.13. The summed E-state index contributed by atoms with van der Waals surface area (Å²) in [4.78, 5) is 13.4. The summed E-state index contributed by atoms with van der Waals surface area (Å²) in [5.41, 5.74) is 0.805. The van der Waals surface area contributed by atoms with Crippen molar-refractivity contribution in [3.05, 3.63) is 23.7 Å². The Bertz CT molecular complexity index is 796. The van der Waals surface area contributed by atoms with Crippen LogP contribution in [-0.2, 0) is 31.4 Å². The van der Waals surface area contributed by atoms with Crippen LogP contribution in [0.2, 0.25) is 0 Å². The predicted molar refractivity (Wildman–Crippen MR) is 82.6 cm³/mol. The van der Waals surface area contributed by atoms with E-state index in [1.54, 1.807) is 18.0 Å². The molecule has 0 atom stereocenters. The van der Waals surface area contributed by atoms with Gasteiger partial charge in [-0.1, -0.05) is 12.1 Å². The number of anilines is 1. The summed E-state index contributed by atoms with van der Waals surface area (Å²) in [5.74, 6) is 2.51.